The van der Waals surface area contributed by atoms with Crippen molar-refractivity contribution in [2.45, 2.75) is 12.1 Å². The van der Waals surface area contributed by atoms with Gasteiger partial charge in [0, 0.05) is 35.3 Å². The van der Waals surface area contributed by atoms with Gasteiger partial charge < -0.3 is 10.1 Å². The number of ether oxygens (including phenoxy) is 1. The van der Waals surface area contributed by atoms with Crippen molar-refractivity contribution in [2.75, 3.05) is 0 Å². The van der Waals surface area contributed by atoms with Gasteiger partial charge >= 0.3 is 6.09 Å². The van der Waals surface area contributed by atoms with Gasteiger partial charge in [-0.1, -0.05) is 41.9 Å². The average Bonchev–Trinajstić information content (AvgIpc) is 3.13. The third kappa shape index (κ3) is 4.14. The SMILES string of the molecule is O=C1NC(C#Cc2cncc(C#Cc3ccccc3)c2)[C@H](c2ccncn2)O1. The van der Waals surface area contributed by atoms with E-state index < -0.39 is 18.2 Å². The predicted molar refractivity (Wildman–Crippen MR) is 102 cm³/mol. The summed E-state index contributed by atoms with van der Waals surface area (Å²) in [5.41, 5.74) is 2.97. The van der Waals surface area contributed by atoms with E-state index >= 15 is 0 Å². The van der Waals surface area contributed by atoms with Gasteiger partial charge in [-0.15, -0.1) is 0 Å². The summed E-state index contributed by atoms with van der Waals surface area (Å²) < 4.78 is 5.28. The number of benzene rings is 1. The number of pyridine rings is 1. The van der Waals surface area contributed by atoms with Crippen molar-refractivity contribution in [1.29, 1.82) is 0 Å². The first kappa shape index (κ1) is 17.3. The Morgan fingerprint density at radius 3 is 2.50 bits per heavy atom. The third-order valence-electron chi connectivity index (χ3n) is 3.94. The van der Waals surface area contributed by atoms with Crippen LogP contribution in [0.3, 0.4) is 0 Å². The lowest BCUT2D eigenvalue weighted by atomic mass is 10.1. The summed E-state index contributed by atoms with van der Waals surface area (Å²) in [5, 5.41) is 2.69. The normalized spacial score (nSPS) is 17.4. The lowest BCUT2D eigenvalue weighted by Crippen LogP contribution is -2.26. The number of aromatic nitrogens is 3. The van der Waals surface area contributed by atoms with Crippen molar-refractivity contribution < 1.29 is 9.53 Å². The Balaban J connectivity index is 1.54. The molecular formula is C22H14N4O2. The number of alkyl carbamates (subject to hydrolysis) is 1. The minimum Gasteiger partial charge on any atom is -0.436 e. The highest BCUT2D eigenvalue weighted by Gasteiger charge is 2.35. The summed E-state index contributed by atoms with van der Waals surface area (Å²) in [7, 11) is 0. The Labute approximate surface area is 162 Å². The fraction of sp³-hybridized carbons (Fsp3) is 0.0909. The topological polar surface area (TPSA) is 77.0 Å². The molecule has 1 N–H and O–H groups in total. The van der Waals surface area contributed by atoms with E-state index in [4.69, 9.17) is 4.74 Å². The van der Waals surface area contributed by atoms with E-state index in [0.717, 1.165) is 11.1 Å². The predicted octanol–water partition coefficient (Wildman–Crippen LogP) is 2.47. The molecule has 2 atom stereocenters. The molecule has 1 amide bonds. The molecule has 28 heavy (non-hydrogen) atoms. The van der Waals surface area contributed by atoms with E-state index in [1.165, 1.54) is 6.33 Å². The minimum atomic E-state index is -0.586. The zero-order valence-electron chi connectivity index (χ0n) is 14.7. The van der Waals surface area contributed by atoms with E-state index in [9.17, 15) is 4.79 Å². The number of carbonyl (C=O) groups excluding carboxylic acids is 1. The van der Waals surface area contributed by atoms with Crippen LogP contribution in [0.15, 0.2) is 67.4 Å². The van der Waals surface area contributed by atoms with Crippen molar-refractivity contribution in [3.8, 4) is 23.7 Å². The van der Waals surface area contributed by atoms with Crippen LogP contribution >= 0.6 is 0 Å². The fourth-order valence-electron chi connectivity index (χ4n) is 2.64. The average molecular weight is 366 g/mol. The summed E-state index contributed by atoms with van der Waals surface area (Å²) in [6, 6.07) is 12.8. The molecule has 6 nitrogen and oxygen atoms in total. The number of carbonyl (C=O) groups is 1. The van der Waals surface area contributed by atoms with Gasteiger partial charge in [0.05, 0.1) is 5.69 Å². The Hall–Kier alpha value is -4.16. The standard InChI is InChI=1S/C22H14N4O2/c27-22-26-20(21(28-22)19-10-11-23-15-25-19)9-8-18-12-17(13-24-14-18)7-6-16-4-2-1-3-5-16/h1-5,10-15,20-21H,(H,26,27)/t20?,21-/m0/s1. The van der Waals surface area contributed by atoms with Crippen LogP contribution in [-0.2, 0) is 4.74 Å². The summed E-state index contributed by atoms with van der Waals surface area (Å²) >= 11 is 0. The molecule has 1 aromatic carbocycles. The zero-order chi connectivity index (χ0) is 19.2. The highest BCUT2D eigenvalue weighted by molar-refractivity contribution is 5.71. The van der Waals surface area contributed by atoms with Crippen molar-refractivity contribution in [3.05, 3.63) is 89.8 Å². The van der Waals surface area contributed by atoms with Crippen LogP contribution in [0, 0.1) is 23.7 Å². The zero-order valence-corrected chi connectivity index (χ0v) is 14.7. The van der Waals surface area contributed by atoms with Gasteiger partial charge in [-0.25, -0.2) is 14.8 Å². The largest absolute Gasteiger partial charge is 0.436 e. The molecule has 3 aromatic rings. The first-order valence-electron chi connectivity index (χ1n) is 8.55. The van der Waals surface area contributed by atoms with Crippen LogP contribution in [-0.4, -0.2) is 27.1 Å². The summed E-state index contributed by atoms with van der Waals surface area (Å²) in [6.07, 6.45) is 5.23. The maximum atomic E-state index is 11.6. The van der Waals surface area contributed by atoms with Crippen molar-refractivity contribution in [3.63, 3.8) is 0 Å². The minimum absolute atomic E-state index is 0.513. The molecule has 0 aliphatic carbocycles. The molecule has 3 heterocycles. The van der Waals surface area contributed by atoms with Gasteiger partial charge in [0.15, 0.2) is 6.10 Å². The van der Waals surface area contributed by atoms with Crippen molar-refractivity contribution in [2.24, 2.45) is 0 Å². The molecule has 1 saturated heterocycles. The molecule has 1 fully saturated rings. The van der Waals surface area contributed by atoms with Gasteiger partial charge in [0.2, 0.25) is 0 Å². The van der Waals surface area contributed by atoms with Gasteiger partial charge in [-0.2, -0.15) is 0 Å². The maximum absolute atomic E-state index is 11.6. The maximum Gasteiger partial charge on any atom is 0.409 e. The molecule has 0 bridgehead atoms. The molecule has 134 valence electrons. The van der Waals surface area contributed by atoms with Gasteiger partial charge in [0.25, 0.3) is 0 Å². The summed E-state index contributed by atoms with van der Waals surface area (Å²) in [4.78, 5) is 23.9. The first-order chi connectivity index (χ1) is 13.8. The number of hydrogen-bond donors (Lipinski definition) is 1. The first-order valence-corrected chi connectivity index (χ1v) is 8.55. The van der Waals surface area contributed by atoms with Gasteiger partial charge in [-0.05, 0) is 24.3 Å². The molecule has 6 heteroatoms. The lowest BCUT2D eigenvalue weighted by Gasteiger charge is -2.10. The molecule has 4 rings (SSSR count). The molecular weight excluding hydrogens is 352 g/mol. The van der Waals surface area contributed by atoms with Crippen LogP contribution in [0.1, 0.15) is 28.5 Å². The van der Waals surface area contributed by atoms with Crippen LogP contribution < -0.4 is 5.32 Å². The second kappa shape index (κ2) is 8.03. The molecule has 0 spiro atoms. The number of nitrogens with zero attached hydrogens (tertiary/aromatic N) is 3. The molecule has 2 aromatic heterocycles. The highest BCUT2D eigenvalue weighted by Crippen LogP contribution is 2.23. The Kier molecular flexibility index (Phi) is 4.95. The Morgan fingerprint density at radius 2 is 1.71 bits per heavy atom. The molecule has 0 radical (unpaired) electrons. The Bertz CT molecular complexity index is 1110. The lowest BCUT2D eigenvalue weighted by molar-refractivity contribution is 0.134. The number of nitrogens with one attached hydrogen (secondary N) is 1. The van der Waals surface area contributed by atoms with Gasteiger partial charge in [-0.3, -0.25) is 4.98 Å². The number of hydrogen-bond acceptors (Lipinski definition) is 5. The highest BCUT2D eigenvalue weighted by atomic mass is 16.6. The van der Waals surface area contributed by atoms with E-state index in [1.807, 2.05) is 36.4 Å². The van der Waals surface area contributed by atoms with Crippen LogP contribution in [0.25, 0.3) is 0 Å². The number of rotatable bonds is 1. The summed E-state index contributed by atoms with van der Waals surface area (Å²) in [5.74, 6) is 12.2. The van der Waals surface area contributed by atoms with Crippen molar-refractivity contribution >= 4 is 6.09 Å². The van der Waals surface area contributed by atoms with Crippen LogP contribution in [0.2, 0.25) is 0 Å². The van der Waals surface area contributed by atoms with Crippen LogP contribution in [0.5, 0.6) is 0 Å². The quantitative estimate of drug-likeness (QED) is 0.670. The fourth-order valence-corrected chi connectivity index (χ4v) is 2.64. The van der Waals surface area contributed by atoms with E-state index in [1.54, 1.807) is 24.7 Å². The second-order valence-corrected chi connectivity index (χ2v) is 5.93. The van der Waals surface area contributed by atoms with Crippen molar-refractivity contribution in [1.82, 2.24) is 20.3 Å². The number of cyclic esters (lactones) is 1. The van der Waals surface area contributed by atoms with E-state index in [0.29, 0.717) is 11.3 Å². The monoisotopic (exact) mass is 366 g/mol. The summed E-state index contributed by atoms with van der Waals surface area (Å²) in [6.45, 7) is 0. The van der Waals surface area contributed by atoms with Crippen LogP contribution in [0.4, 0.5) is 4.79 Å². The molecule has 1 unspecified atom stereocenters. The Morgan fingerprint density at radius 1 is 0.929 bits per heavy atom. The van der Waals surface area contributed by atoms with E-state index in [-0.39, 0.29) is 0 Å². The third-order valence-corrected chi connectivity index (χ3v) is 3.94. The smallest absolute Gasteiger partial charge is 0.409 e. The molecule has 0 saturated carbocycles. The molecule has 1 aliphatic rings. The number of amides is 1. The van der Waals surface area contributed by atoms with E-state index in [2.05, 4.69) is 44.0 Å². The van der Waals surface area contributed by atoms with Gasteiger partial charge in [0.1, 0.15) is 12.4 Å². The molecule has 1 aliphatic heterocycles. The second-order valence-electron chi connectivity index (χ2n) is 5.93.